The lowest BCUT2D eigenvalue weighted by Crippen LogP contribution is -2.63. The molecule has 0 saturated carbocycles. The molecule has 1 aromatic carbocycles. The minimum absolute atomic E-state index is 0.0907. The number of hydrogen-bond acceptors (Lipinski definition) is 3. The SMILES string of the molecule is CC(CN1C(=O)C(=O)c2ccccc21)N1C(C)(C)CCCC1(C)C. The van der Waals surface area contributed by atoms with E-state index in [4.69, 9.17) is 0 Å². The maximum atomic E-state index is 12.5. The molecule has 0 N–H and O–H groups in total. The molecule has 1 atom stereocenters. The van der Waals surface area contributed by atoms with Crippen LogP contribution in [-0.2, 0) is 4.79 Å². The minimum atomic E-state index is -0.393. The normalized spacial score (nSPS) is 24.1. The Kier molecular flexibility index (Phi) is 4.07. The zero-order valence-corrected chi connectivity index (χ0v) is 15.4. The van der Waals surface area contributed by atoms with E-state index in [1.54, 1.807) is 11.0 Å². The standard InChI is InChI=1S/C20H28N2O2/c1-14(22-19(2,3)11-8-12-20(22,4)5)13-21-16-10-7-6-9-15(16)17(23)18(21)24/h6-7,9-10,14H,8,11-13H2,1-5H3. The van der Waals surface area contributed by atoms with Crippen molar-refractivity contribution in [2.45, 2.75) is 71.0 Å². The maximum absolute atomic E-state index is 12.5. The van der Waals surface area contributed by atoms with Crippen molar-refractivity contribution >= 4 is 17.4 Å². The monoisotopic (exact) mass is 328 g/mol. The van der Waals surface area contributed by atoms with Gasteiger partial charge in [0, 0.05) is 23.7 Å². The van der Waals surface area contributed by atoms with E-state index in [1.807, 2.05) is 18.2 Å². The number of nitrogens with zero attached hydrogens (tertiary/aromatic N) is 2. The van der Waals surface area contributed by atoms with Crippen molar-refractivity contribution in [3.05, 3.63) is 29.8 Å². The van der Waals surface area contributed by atoms with E-state index in [0.717, 1.165) is 18.5 Å². The molecule has 0 aromatic heterocycles. The van der Waals surface area contributed by atoms with Gasteiger partial charge in [0.15, 0.2) is 0 Å². The number of likely N-dealkylation sites (tertiary alicyclic amines) is 1. The van der Waals surface area contributed by atoms with Gasteiger partial charge in [0.1, 0.15) is 0 Å². The van der Waals surface area contributed by atoms with Crippen molar-refractivity contribution < 1.29 is 9.59 Å². The number of hydrogen-bond donors (Lipinski definition) is 0. The first kappa shape index (κ1) is 17.2. The summed E-state index contributed by atoms with van der Waals surface area (Å²) in [7, 11) is 0. The highest BCUT2D eigenvalue weighted by Gasteiger charge is 2.45. The summed E-state index contributed by atoms with van der Waals surface area (Å²) in [5.41, 5.74) is 1.47. The summed E-state index contributed by atoms with van der Waals surface area (Å²) in [5.74, 6) is -0.773. The highest BCUT2D eigenvalue weighted by Crippen LogP contribution is 2.40. The second kappa shape index (κ2) is 5.69. The number of piperidine rings is 1. The number of amides is 1. The van der Waals surface area contributed by atoms with Crippen molar-refractivity contribution in [3.8, 4) is 0 Å². The van der Waals surface area contributed by atoms with Crippen LogP contribution in [0.1, 0.15) is 64.2 Å². The molecule has 1 saturated heterocycles. The Bertz CT molecular complexity index is 662. The predicted octanol–water partition coefficient (Wildman–Crippen LogP) is 3.65. The molecule has 0 radical (unpaired) electrons. The number of fused-ring (bicyclic) bond motifs is 1. The van der Waals surface area contributed by atoms with Gasteiger partial charge in [-0.2, -0.15) is 0 Å². The molecular formula is C20H28N2O2. The van der Waals surface area contributed by atoms with E-state index in [-0.39, 0.29) is 22.9 Å². The molecule has 0 aliphatic carbocycles. The molecule has 1 aromatic rings. The van der Waals surface area contributed by atoms with Gasteiger partial charge in [-0.25, -0.2) is 0 Å². The summed E-state index contributed by atoms with van der Waals surface area (Å²) < 4.78 is 0. The zero-order valence-electron chi connectivity index (χ0n) is 15.4. The molecule has 2 aliphatic rings. The Labute approximate surface area is 144 Å². The molecule has 130 valence electrons. The number of carbonyl (C=O) groups is 2. The third-order valence-electron chi connectivity index (χ3n) is 5.65. The first-order chi connectivity index (χ1) is 11.1. The van der Waals surface area contributed by atoms with Gasteiger partial charge in [0.25, 0.3) is 11.7 Å². The minimum Gasteiger partial charge on any atom is -0.303 e. The van der Waals surface area contributed by atoms with E-state index in [0.29, 0.717) is 12.1 Å². The number of anilines is 1. The molecule has 0 spiro atoms. The molecule has 1 amide bonds. The average Bonchev–Trinajstić information content (AvgIpc) is 2.71. The second-order valence-electron chi connectivity index (χ2n) is 8.46. The van der Waals surface area contributed by atoms with Gasteiger partial charge in [-0.3, -0.25) is 14.5 Å². The van der Waals surface area contributed by atoms with E-state index >= 15 is 0 Å². The van der Waals surface area contributed by atoms with E-state index in [1.165, 1.54) is 6.42 Å². The summed E-state index contributed by atoms with van der Waals surface area (Å²) in [6.45, 7) is 11.9. The molecule has 1 fully saturated rings. The average molecular weight is 328 g/mol. The summed E-state index contributed by atoms with van der Waals surface area (Å²) in [5, 5.41) is 0. The number of Topliss-reactive ketones (excluding diaryl/α,β-unsaturated/α-hetero) is 1. The smallest absolute Gasteiger partial charge is 0.299 e. The number of ketones is 1. The predicted molar refractivity (Wildman–Crippen MR) is 96.4 cm³/mol. The molecule has 1 unspecified atom stereocenters. The van der Waals surface area contributed by atoms with Crippen LogP contribution in [0.4, 0.5) is 5.69 Å². The van der Waals surface area contributed by atoms with Gasteiger partial charge >= 0.3 is 0 Å². The molecule has 4 nitrogen and oxygen atoms in total. The zero-order chi connectivity index (χ0) is 17.7. The van der Waals surface area contributed by atoms with Gasteiger partial charge < -0.3 is 4.90 Å². The fourth-order valence-corrected chi connectivity index (χ4v) is 4.98. The topological polar surface area (TPSA) is 40.6 Å². The van der Waals surface area contributed by atoms with E-state index < -0.39 is 5.91 Å². The maximum Gasteiger partial charge on any atom is 0.299 e. The molecule has 24 heavy (non-hydrogen) atoms. The largest absolute Gasteiger partial charge is 0.303 e. The molecular weight excluding hydrogens is 300 g/mol. The van der Waals surface area contributed by atoms with E-state index in [9.17, 15) is 9.59 Å². The Morgan fingerprint density at radius 1 is 1.04 bits per heavy atom. The highest BCUT2D eigenvalue weighted by molar-refractivity contribution is 6.52. The Morgan fingerprint density at radius 3 is 2.25 bits per heavy atom. The lowest BCUT2D eigenvalue weighted by molar-refractivity contribution is -0.115. The Balaban J connectivity index is 1.88. The second-order valence-corrected chi connectivity index (χ2v) is 8.46. The fraction of sp³-hybridized carbons (Fsp3) is 0.600. The first-order valence-corrected chi connectivity index (χ1v) is 8.90. The molecule has 2 aliphatic heterocycles. The molecule has 4 heteroatoms. The first-order valence-electron chi connectivity index (χ1n) is 8.90. The highest BCUT2D eigenvalue weighted by atomic mass is 16.2. The number of para-hydroxylation sites is 1. The van der Waals surface area contributed by atoms with Gasteiger partial charge in [0.05, 0.1) is 11.3 Å². The molecule has 3 rings (SSSR count). The summed E-state index contributed by atoms with van der Waals surface area (Å²) in [6.07, 6.45) is 3.54. The van der Waals surface area contributed by atoms with Gasteiger partial charge in [-0.1, -0.05) is 12.1 Å². The molecule has 0 bridgehead atoms. The van der Waals surface area contributed by atoms with Gasteiger partial charge in [-0.15, -0.1) is 0 Å². The Hall–Kier alpha value is -1.68. The third-order valence-corrected chi connectivity index (χ3v) is 5.65. The van der Waals surface area contributed by atoms with Crippen molar-refractivity contribution in [3.63, 3.8) is 0 Å². The van der Waals surface area contributed by atoms with Crippen LogP contribution in [-0.4, -0.2) is 40.3 Å². The van der Waals surface area contributed by atoms with Crippen molar-refractivity contribution in [1.82, 2.24) is 4.90 Å². The van der Waals surface area contributed by atoms with Crippen molar-refractivity contribution in [2.24, 2.45) is 0 Å². The van der Waals surface area contributed by atoms with Crippen molar-refractivity contribution in [2.75, 3.05) is 11.4 Å². The van der Waals surface area contributed by atoms with Crippen LogP contribution < -0.4 is 4.90 Å². The summed E-state index contributed by atoms with van der Waals surface area (Å²) in [4.78, 5) is 28.9. The van der Waals surface area contributed by atoms with Gasteiger partial charge in [-0.05, 0) is 66.0 Å². The van der Waals surface area contributed by atoms with E-state index in [2.05, 4.69) is 39.5 Å². The lowest BCUT2D eigenvalue weighted by Gasteiger charge is -2.56. The third kappa shape index (κ3) is 2.67. The van der Waals surface area contributed by atoms with Crippen LogP contribution in [0.15, 0.2) is 24.3 Å². The van der Waals surface area contributed by atoms with Crippen molar-refractivity contribution in [1.29, 1.82) is 0 Å². The van der Waals surface area contributed by atoms with Crippen LogP contribution in [0.5, 0.6) is 0 Å². The van der Waals surface area contributed by atoms with Crippen LogP contribution in [0.3, 0.4) is 0 Å². The number of benzene rings is 1. The lowest BCUT2D eigenvalue weighted by atomic mass is 9.78. The summed E-state index contributed by atoms with van der Waals surface area (Å²) in [6, 6.07) is 7.50. The number of rotatable bonds is 3. The number of carbonyl (C=O) groups excluding carboxylic acids is 2. The molecule has 2 heterocycles. The van der Waals surface area contributed by atoms with Crippen LogP contribution in [0, 0.1) is 0 Å². The van der Waals surface area contributed by atoms with Crippen LogP contribution in [0.2, 0.25) is 0 Å². The fourth-order valence-electron chi connectivity index (χ4n) is 4.98. The van der Waals surface area contributed by atoms with Crippen LogP contribution >= 0.6 is 0 Å². The summed E-state index contributed by atoms with van der Waals surface area (Å²) >= 11 is 0. The Morgan fingerprint density at radius 2 is 1.62 bits per heavy atom. The van der Waals surface area contributed by atoms with Gasteiger partial charge in [0.2, 0.25) is 0 Å². The quantitative estimate of drug-likeness (QED) is 0.795. The van der Waals surface area contributed by atoms with Crippen LogP contribution in [0.25, 0.3) is 0 Å².